The van der Waals surface area contributed by atoms with E-state index < -0.39 is 11.8 Å². The molecule has 0 spiro atoms. The smallest absolute Gasteiger partial charge is 0.310 e. The molecule has 0 aliphatic heterocycles. The van der Waals surface area contributed by atoms with Gasteiger partial charge in [-0.25, -0.2) is 4.39 Å². The molecule has 0 saturated heterocycles. The van der Waals surface area contributed by atoms with E-state index in [4.69, 9.17) is 4.74 Å². The number of aromatic nitrogens is 1. The van der Waals surface area contributed by atoms with Gasteiger partial charge >= 0.3 is 5.97 Å². The van der Waals surface area contributed by atoms with Gasteiger partial charge in [-0.3, -0.25) is 9.78 Å². The molecule has 0 aliphatic rings. The highest BCUT2D eigenvalue weighted by Gasteiger charge is 2.12. The Hall–Kier alpha value is -1.65. The average Bonchev–Trinajstić information content (AvgIpc) is 2.21. The van der Waals surface area contributed by atoms with Crippen LogP contribution in [0.3, 0.4) is 0 Å². The van der Waals surface area contributed by atoms with Crippen molar-refractivity contribution in [2.45, 2.75) is 6.42 Å². The number of methoxy groups -OCH3 is 2. The SMILES string of the molecule is COC(=O)Cc1cncc(OC)c1F. The van der Waals surface area contributed by atoms with Gasteiger partial charge in [-0.1, -0.05) is 0 Å². The first-order chi connectivity index (χ1) is 6.69. The molecule has 14 heavy (non-hydrogen) atoms. The van der Waals surface area contributed by atoms with E-state index >= 15 is 0 Å². The highest BCUT2D eigenvalue weighted by atomic mass is 19.1. The average molecular weight is 199 g/mol. The molecule has 0 aliphatic carbocycles. The van der Waals surface area contributed by atoms with Crippen LogP contribution in [0.2, 0.25) is 0 Å². The summed E-state index contributed by atoms with van der Waals surface area (Å²) in [5.41, 5.74) is 0.163. The summed E-state index contributed by atoms with van der Waals surface area (Å²) in [5.74, 6) is -1.07. The summed E-state index contributed by atoms with van der Waals surface area (Å²) < 4.78 is 22.5. The number of rotatable bonds is 3. The second-order valence-electron chi connectivity index (χ2n) is 2.57. The Morgan fingerprint density at radius 1 is 1.50 bits per heavy atom. The lowest BCUT2D eigenvalue weighted by Gasteiger charge is -2.05. The molecule has 0 fully saturated rings. The summed E-state index contributed by atoms with van der Waals surface area (Å²) in [6.07, 6.45) is 2.37. The normalized spacial score (nSPS) is 9.64. The first-order valence-corrected chi connectivity index (χ1v) is 3.92. The Bertz CT molecular complexity index is 341. The lowest BCUT2D eigenvalue weighted by molar-refractivity contribution is -0.139. The Labute approximate surface area is 80.7 Å². The van der Waals surface area contributed by atoms with E-state index in [9.17, 15) is 9.18 Å². The van der Waals surface area contributed by atoms with Gasteiger partial charge in [0.15, 0.2) is 11.6 Å². The number of hydrogen-bond donors (Lipinski definition) is 0. The van der Waals surface area contributed by atoms with Crippen LogP contribution >= 0.6 is 0 Å². The van der Waals surface area contributed by atoms with Crippen LogP contribution in [0.5, 0.6) is 5.75 Å². The van der Waals surface area contributed by atoms with Gasteiger partial charge < -0.3 is 9.47 Å². The van der Waals surface area contributed by atoms with Crippen LogP contribution < -0.4 is 4.74 Å². The van der Waals surface area contributed by atoms with Gasteiger partial charge in [-0.05, 0) is 0 Å². The molecule has 0 radical (unpaired) electrons. The molecule has 0 aromatic carbocycles. The molecule has 0 unspecified atom stereocenters. The third-order valence-corrected chi connectivity index (χ3v) is 1.70. The summed E-state index contributed by atoms with van der Waals surface area (Å²) in [6, 6.07) is 0. The zero-order chi connectivity index (χ0) is 10.6. The Balaban J connectivity index is 2.92. The maximum Gasteiger partial charge on any atom is 0.310 e. The number of nitrogens with zero attached hydrogens (tertiary/aromatic N) is 1. The number of ether oxygens (including phenoxy) is 2. The molecule has 0 amide bonds. The number of carbonyl (C=O) groups excluding carboxylic acids is 1. The minimum absolute atomic E-state index is 0.0198. The maximum atomic E-state index is 13.4. The van der Waals surface area contributed by atoms with Crippen molar-refractivity contribution >= 4 is 5.97 Å². The maximum absolute atomic E-state index is 13.4. The second kappa shape index (κ2) is 4.55. The second-order valence-corrected chi connectivity index (χ2v) is 2.57. The number of pyridine rings is 1. The third-order valence-electron chi connectivity index (χ3n) is 1.70. The monoisotopic (exact) mass is 199 g/mol. The van der Waals surface area contributed by atoms with Crippen LogP contribution in [0.15, 0.2) is 12.4 Å². The standard InChI is InChI=1S/C9H10FNO3/c1-13-7-5-11-4-6(9(7)10)3-8(12)14-2/h4-5H,3H2,1-2H3. The topological polar surface area (TPSA) is 48.4 Å². The van der Waals surface area contributed by atoms with E-state index in [0.29, 0.717) is 0 Å². The van der Waals surface area contributed by atoms with Crippen molar-refractivity contribution in [1.82, 2.24) is 4.98 Å². The number of hydrogen-bond acceptors (Lipinski definition) is 4. The van der Waals surface area contributed by atoms with Crippen molar-refractivity contribution in [1.29, 1.82) is 0 Å². The lowest BCUT2D eigenvalue weighted by atomic mass is 10.2. The van der Waals surface area contributed by atoms with Crippen molar-refractivity contribution in [2.24, 2.45) is 0 Å². The van der Waals surface area contributed by atoms with Crippen molar-refractivity contribution in [2.75, 3.05) is 14.2 Å². The van der Waals surface area contributed by atoms with E-state index in [1.54, 1.807) is 0 Å². The predicted molar refractivity (Wildman–Crippen MR) is 46.5 cm³/mol. The van der Waals surface area contributed by atoms with Crippen LogP contribution in [0.25, 0.3) is 0 Å². The van der Waals surface area contributed by atoms with Crippen molar-refractivity contribution in [3.05, 3.63) is 23.8 Å². The summed E-state index contributed by atoms with van der Waals surface area (Å²) in [7, 11) is 2.58. The molecular formula is C9H10FNO3. The van der Waals surface area contributed by atoms with Crippen LogP contribution in [0.4, 0.5) is 4.39 Å². The van der Waals surface area contributed by atoms with Gasteiger partial charge in [0, 0.05) is 11.8 Å². The highest BCUT2D eigenvalue weighted by molar-refractivity contribution is 5.72. The lowest BCUT2D eigenvalue weighted by Crippen LogP contribution is -2.07. The first kappa shape index (κ1) is 10.4. The largest absolute Gasteiger partial charge is 0.492 e. The number of halogens is 1. The Morgan fingerprint density at radius 3 is 2.79 bits per heavy atom. The van der Waals surface area contributed by atoms with E-state index in [1.165, 1.54) is 26.6 Å². The van der Waals surface area contributed by atoms with Gasteiger partial charge in [0.25, 0.3) is 0 Å². The van der Waals surface area contributed by atoms with Gasteiger partial charge in [0.1, 0.15) is 0 Å². The molecule has 0 atom stereocenters. The minimum atomic E-state index is -0.576. The predicted octanol–water partition coefficient (Wildman–Crippen LogP) is 0.945. The van der Waals surface area contributed by atoms with Crippen LogP contribution in [-0.4, -0.2) is 25.2 Å². The van der Waals surface area contributed by atoms with E-state index in [0.717, 1.165) is 0 Å². The highest BCUT2D eigenvalue weighted by Crippen LogP contribution is 2.18. The Kier molecular flexibility index (Phi) is 3.39. The summed E-state index contributed by atoms with van der Waals surface area (Å²) in [5, 5.41) is 0. The molecule has 1 aromatic heterocycles. The molecule has 5 heteroatoms. The fourth-order valence-corrected chi connectivity index (χ4v) is 0.960. The summed E-state index contributed by atoms with van der Waals surface area (Å²) >= 11 is 0. The van der Waals surface area contributed by atoms with E-state index in [-0.39, 0.29) is 17.7 Å². The molecule has 0 N–H and O–H groups in total. The van der Waals surface area contributed by atoms with Gasteiger partial charge in [0.05, 0.1) is 26.8 Å². The minimum Gasteiger partial charge on any atom is -0.492 e. The molecule has 4 nitrogen and oxygen atoms in total. The summed E-state index contributed by atoms with van der Waals surface area (Å²) in [6.45, 7) is 0. The van der Waals surface area contributed by atoms with Gasteiger partial charge in [-0.2, -0.15) is 0 Å². The molecule has 1 rings (SSSR count). The van der Waals surface area contributed by atoms with Crippen molar-refractivity contribution in [3.8, 4) is 5.75 Å². The summed E-state index contributed by atoms with van der Waals surface area (Å²) in [4.78, 5) is 14.6. The van der Waals surface area contributed by atoms with Crippen LogP contribution in [-0.2, 0) is 16.0 Å². The molecule has 1 aromatic rings. The molecular weight excluding hydrogens is 189 g/mol. The fourth-order valence-electron chi connectivity index (χ4n) is 0.960. The van der Waals surface area contributed by atoms with E-state index in [1.807, 2.05) is 0 Å². The van der Waals surface area contributed by atoms with Crippen molar-refractivity contribution in [3.63, 3.8) is 0 Å². The number of esters is 1. The fraction of sp³-hybridized carbons (Fsp3) is 0.333. The van der Waals surface area contributed by atoms with Gasteiger partial charge in [0.2, 0.25) is 0 Å². The quantitative estimate of drug-likeness (QED) is 0.680. The molecule has 0 saturated carbocycles. The first-order valence-electron chi connectivity index (χ1n) is 3.92. The number of carbonyl (C=O) groups is 1. The molecule has 0 bridgehead atoms. The molecule has 1 heterocycles. The Morgan fingerprint density at radius 2 is 2.21 bits per heavy atom. The van der Waals surface area contributed by atoms with E-state index in [2.05, 4.69) is 9.72 Å². The van der Waals surface area contributed by atoms with Crippen LogP contribution in [0, 0.1) is 5.82 Å². The van der Waals surface area contributed by atoms with Crippen LogP contribution in [0.1, 0.15) is 5.56 Å². The zero-order valence-corrected chi connectivity index (χ0v) is 7.91. The zero-order valence-electron chi connectivity index (χ0n) is 7.91. The third kappa shape index (κ3) is 2.18. The molecule has 76 valence electrons. The van der Waals surface area contributed by atoms with Gasteiger partial charge in [-0.15, -0.1) is 0 Å². The van der Waals surface area contributed by atoms with Crippen molar-refractivity contribution < 1.29 is 18.7 Å².